The molecule has 0 aromatic heterocycles. The van der Waals surface area contributed by atoms with Crippen LogP contribution in [0, 0.1) is 6.92 Å². The summed E-state index contributed by atoms with van der Waals surface area (Å²) in [6.45, 7) is 1.81. The van der Waals surface area contributed by atoms with Crippen molar-refractivity contribution >= 4 is 80.6 Å². The third kappa shape index (κ3) is 6.41. The van der Waals surface area contributed by atoms with Gasteiger partial charge in [-0.3, -0.25) is 9.59 Å². The van der Waals surface area contributed by atoms with Gasteiger partial charge >= 0.3 is 0 Å². The van der Waals surface area contributed by atoms with Crippen molar-refractivity contribution < 1.29 is 19.8 Å². The number of aryl methyl sites for hydroxylation is 1. The zero-order chi connectivity index (χ0) is 22.5. The van der Waals surface area contributed by atoms with Crippen LogP contribution in [0.2, 0.25) is 0 Å². The third-order valence-corrected chi connectivity index (χ3v) is 6.32. The van der Waals surface area contributed by atoms with Gasteiger partial charge in [-0.25, -0.2) is 0 Å². The number of carbonyl (C=O) groups excluding carboxylic acids is 2. The molecule has 0 atom stereocenters. The van der Waals surface area contributed by atoms with E-state index in [1.165, 1.54) is 23.5 Å². The predicted molar refractivity (Wildman–Crippen MR) is 134 cm³/mol. The molecule has 2 aliphatic heterocycles. The second-order valence-corrected chi connectivity index (χ2v) is 9.78. The number of amides is 2. The van der Waals surface area contributed by atoms with Crippen molar-refractivity contribution in [3.63, 3.8) is 0 Å². The Morgan fingerprint density at radius 3 is 1.74 bits per heavy atom. The molecule has 0 aliphatic carbocycles. The van der Waals surface area contributed by atoms with E-state index in [0.29, 0.717) is 18.5 Å². The average molecular weight is 489 g/mol. The number of thiocarbonyl (C=S) groups is 2. The van der Waals surface area contributed by atoms with Crippen molar-refractivity contribution in [2.24, 2.45) is 0 Å². The van der Waals surface area contributed by atoms with Crippen LogP contribution in [-0.4, -0.2) is 30.7 Å². The molecule has 0 unspecified atom stereocenters. The van der Waals surface area contributed by atoms with Crippen molar-refractivity contribution in [2.45, 2.75) is 6.92 Å². The Morgan fingerprint density at radius 1 is 0.806 bits per heavy atom. The topological polar surface area (TPSA) is 98.7 Å². The molecule has 0 spiro atoms. The van der Waals surface area contributed by atoms with Gasteiger partial charge in [-0.05, 0) is 60.0 Å². The van der Waals surface area contributed by atoms with Crippen molar-refractivity contribution in [1.29, 1.82) is 0 Å². The highest BCUT2D eigenvalue weighted by molar-refractivity contribution is 8.27. The third-order valence-electron chi connectivity index (χ3n) is 3.99. The van der Waals surface area contributed by atoms with E-state index in [-0.39, 0.29) is 23.3 Å². The maximum atomic E-state index is 11.4. The Bertz CT molecular complexity index is 1140. The van der Waals surface area contributed by atoms with E-state index in [1.807, 2.05) is 13.0 Å². The number of thioether (sulfide) groups is 2. The Kier molecular flexibility index (Phi) is 7.50. The van der Waals surface area contributed by atoms with E-state index in [9.17, 15) is 14.7 Å². The molecule has 0 bridgehead atoms. The van der Waals surface area contributed by atoms with Crippen molar-refractivity contribution in [3.8, 4) is 11.5 Å². The van der Waals surface area contributed by atoms with Crippen molar-refractivity contribution in [3.05, 3.63) is 69.0 Å². The lowest BCUT2D eigenvalue weighted by Crippen LogP contribution is -2.17. The minimum absolute atomic E-state index is 0.166. The lowest BCUT2D eigenvalue weighted by molar-refractivity contribution is -0.116. The standard InChI is InChI=1S/C11H9NO2S2.C10H7NO2S2/c1-6-4-7(2-3-8(6)13)5-9-10(14)12-11(15)16-9;12-7-3-1-6(2-4-7)5-8-9(13)11-10(14)15-8/h2-5,13H,1H3,(H,12,14,15);1-5,12H,(H,11,13,14)/b9-5-;8-5-. The average Bonchev–Trinajstić information content (AvgIpc) is 3.20. The second kappa shape index (κ2) is 10.1. The molecule has 0 saturated carbocycles. The first kappa shape index (κ1) is 23.0. The van der Waals surface area contributed by atoms with Crippen LogP contribution in [-0.2, 0) is 9.59 Å². The molecule has 4 rings (SSSR count). The Balaban J connectivity index is 0.000000176. The van der Waals surface area contributed by atoms with Crippen LogP contribution in [0.4, 0.5) is 0 Å². The lowest BCUT2D eigenvalue weighted by Gasteiger charge is -2.00. The first-order valence-corrected chi connectivity index (χ1v) is 11.2. The molecule has 2 saturated heterocycles. The SMILES string of the molecule is Cc1cc(/C=C2\SC(=S)NC2=O)ccc1O.O=C1NC(=S)S/C1=C\c1ccc(O)cc1. The van der Waals surface area contributed by atoms with Crippen LogP contribution in [0.15, 0.2) is 52.3 Å². The van der Waals surface area contributed by atoms with E-state index in [2.05, 4.69) is 10.6 Å². The van der Waals surface area contributed by atoms with Gasteiger partial charge in [0.15, 0.2) is 0 Å². The quantitative estimate of drug-likeness (QED) is 0.371. The summed E-state index contributed by atoms with van der Waals surface area (Å²) in [4.78, 5) is 23.9. The zero-order valence-electron chi connectivity index (χ0n) is 16.0. The predicted octanol–water partition coefficient (Wildman–Crippen LogP) is 4.07. The van der Waals surface area contributed by atoms with Gasteiger partial charge in [0.2, 0.25) is 0 Å². The fourth-order valence-corrected chi connectivity index (χ4v) is 4.57. The van der Waals surface area contributed by atoms with Crippen LogP contribution in [0.1, 0.15) is 16.7 Å². The summed E-state index contributed by atoms with van der Waals surface area (Å²) in [5.41, 5.74) is 2.51. The fraction of sp³-hybridized carbons (Fsp3) is 0.0476. The first-order valence-electron chi connectivity index (χ1n) is 8.79. The van der Waals surface area contributed by atoms with Crippen LogP contribution in [0.25, 0.3) is 12.2 Å². The van der Waals surface area contributed by atoms with E-state index in [4.69, 9.17) is 29.5 Å². The van der Waals surface area contributed by atoms with Gasteiger partial charge < -0.3 is 20.8 Å². The van der Waals surface area contributed by atoms with Crippen molar-refractivity contribution in [1.82, 2.24) is 10.6 Å². The molecule has 31 heavy (non-hydrogen) atoms. The summed E-state index contributed by atoms with van der Waals surface area (Å²) in [6, 6.07) is 11.8. The Hall–Kier alpha value is -2.66. The van der Waals surface area contributed by atoms with Crippen LogP contribution >= 0.6 is 48.0 Å². The number of phenolic OH excluding ortho intramolecular Hbond substituents is 2. The Morgan fingerprint density at radius 2 is 1.29 bits per heavy atom. The summed E-state index contributed by atoms with van der Waals surface area (Å²) in [5, 5.41) is 23.5. The first-order chi connectivity index (χ1) is 14.7. The normalized spacial score (nSPS) is 18.1. The number of hydrogen-bond donors (Lipinski definition) is 4. The molecule has 2 heterocycles. The highest BCUT2D eigenvalue weighted by atomic mass is 32.2. The molecule has 2 aliphatic rings. The summed E-state index contributed by atoms with van der Waals surface area (Å²) < 4.78 is 0.955. The van der Waals surface area contributed by atoms with Gasteiger partial charge in [0.05, 0.1) is 9.81 Å². The molecule has 10 heteroatoms. The number of benzene rings is 2. The molecule has 2 fully saturated rings. The van der Waals surface area contributed by atoms with E-state index < -0.39 is 0 Å². The Labute approximate surface area is 197 Å². The maximum absolute atomic E-state index is 11.4. The number of rotatable bonds is 2. The summed E-state index contributed by atoms with van der Waals surface area (Å²) in [6.07, 6.45) is 3.49. The number of carbonyl (C=O) groups is 2. The molecule has 2 aromatic carbocycles. The highest BCUT2D eigenvalue weighted by Crippen LogP contribution is 2.27. The summed E-state index contributed by atoms with van der Waals surface area (Å²) in [5.74, 6) is 0.121. The molecule has 158 valence electrons. The van der Waals surface area contributed by atoms with Crippen molar-refractivity contribution in [2.75, 3.05) is 0 Å². The number of hydrogen-bond acceptors (Lipinski definition) is 8. The lowest BCUT2D eigenvalue weighted by atomic mass is 10.1. The summed E-state index contributed by atoms with van der Waals surface area (Å²) >= 11 is 12.2. The molecule has 2 aromatic rings. The highest BCUT2D eigenvalue weighted by Gasteiger charge is 2.22. The van der Waals surface area contributed by atoms with Gasteiger partial charge in [0.1, 0.15) is 20.1 Å². The van der Waals surface area contributed by atoms with Gasteiger partial charge in [0.25, 0.3) is 11.8 Å². The van der Waals surface area contributed by atoms with Gasteiger partial charge in [-0.15, -0.1) is 0 Å². The molecule has 4 N–H and O–H groups in total. The molecule has 0 radical (unpaired) electrons. The van der Waals surface area contributed by atoms with Crippen LogP contribution < -0.4 is 10.6 Å². The summed E-state index contributed by atoms with van der Waals surface area (Å²) in [7, 11) is 0. The maximum Gasteiger partial charge on any atom is 0.263 e. The van der Waals surface area contributed by atoms with Gasteiger partial charge in [0, 0.05) is 0 Å². The van der Waals surface area contributed by atoms with Gasteiger partial charge in [-0.1, -0.05) is 66.2 Å². The molecule has 2 amide bonds. The smallest absolute Gasteiger partial charge is 0.263 e. The minimum atomic E-state index is -0.168. The second-order valence-electron chi connectivity index (χ2n) is 6.34. The number of nitrogens with one attached hydrogen (secondary N) is 2. The van der Waals surface area contributed by atoms with E-state index >= 15 is 0 Å². The molecule has 6 nitrogen and oxygen atoms in total. The van der Waals surface area contributed by atoms with Crippen LogP contribution in [0.5, 0.6) is 11.5 Å². The fourth-order valence-electron chi connectivity index (χ4n) is 2.48. The van der Waals surface area contributed by atoms with E-state index in [0.717, 1.165) is 16.7 Å². The zero-order valence-corrected chi connectivity index (χ0v) is 19.3. The largest absolute Gasteiger partial charge is 0.508 e. The monoisotopic (exact) mass is 488 g/mol. The van der Waals surface area contributed by atoms with Gasteiger partial charge in [-0.2, -0.15) is 0 Å². The minimum Gasteiger partial charge on any atom is -0.508 e. The van der Waals surface area contributed by atoms with Crippen LogP contribution in [0.3, 0.4) is 0 Å². The number of aromatic hydroxyl groups is 2. The van der Waals surface area contributed by atoms with E-state index in [1.54, 1.807) is 48.6 Å². The molecular formula is C21H16N2O4S4. The molecular weight excluding hydrogens is 473 g/mol. The number of phenols is 2.